The topological polar surface area (TPSA) is 103 Å². The third kappa shape index (κ3) is 7.36. The molecule has 2 aliphatic rings. The molecule has 0 saturated carbocycles. The summed E-state index contributed by atoms with van der Waals surface area (Å²) in [6, 6.07) is 26.6. The summed E-state index contributed by atoms with van der Waals surface area (Å²) in [6.45, 7) is 10.2. The number of nitro benzene ring substituents is 1. The molecule has 0 spiro atoms. The number of nitrogens with zero attached hydrogens (tertiary/aromatic N) is 2. The van der Waals surface area contributed by atoms with Crippen molar-refractivity contribution in [3.05, 3.63) is 128 Å². The molecule has 0 amide bonds. The summed E-state index contributed by atoms with van der Waals surface area (Å²) in [6.07, 6.45) is 0. The van der Waals surface area contributed by atoms with Gasteiger partial charge in [0, 0.05) is 52.4 Å². The number of hydrogen-bond acceptors (Lipinski definition) is 8. The first-order valence-corrected chi connectivity index (χ1v) is 15.8. The van der Waals surface area contributed by atoms with Crippen LogP contribution in [0.5, 0.6) is 0 Å². The Balaban J connectivity index is 1.41. The molecule has 0 bridgehead atoms. The van der Waals surface area contributed by atoms with Gasteiger partial charge < -0.3 is 24.0 Å². The minimum Gasteiger partial charge on any atom is -0.460 e. The molecule has 3 aromatic carbocycles. The van der Waals surface area contributed by atoms with Crippen LogP contribution in [-0.4, -0.2) is 37.3 Å². The van der Waals surface area contributed by atoms with Gasteiger partial charge >= 0.3 is 5.97 Å². The van der Waals surface area contributed by atoms with Crippen LogP contribution in [0.2, 0.25) is 0 Å². The number of carbonyl (C=O) groups excluding carboxylic acids is 1. The highest BCUT2D eigenvalue weighted by Gasteiger charge is 2.42. The fourth-order valence-electron chi connectivity index (χ4n) is 5.39. The Labute approximate surface area is 259 Å². The smallest absolute Gasteiger partial charge is 0.336 e. The van der Waals surface area contributed by atoms with Crippen LogP contribution >= 0.6 is 8.38 Å². The molecule has 230 valence electrons. The number of anilines is 1. The van der Waals surface area contributed by atoms with E-state index in [9.17, 15) is 14.9 Å². The Kier molecular flexibility index (Phi) is 9.79. The van der Waals surface area contributed by atoms with Crippen LogP contribution < -0.4 is 10.2 Å². The lowest BCUT2D eigenvalue weighted by Gasteiger charge is -2.39. The van der Waals surface area contributed by atoms with Crippen molar-refractivity contribution < 1.29 is 23.5 Å². The summed E-state index contributed by atoms with van der Waals surface area (Å²) < 4.78 is 18.5. The molecule has 1 fully saturated rings. The molecule has 5 rings (SSSR count). The van der Waals surface area contributed by atoms with Crippen LogP contribution in [-0.2, 0) is 25.1 Å². The van der Waals surface area contributed by atoms with Gasteiger partial charge in [-0.05, 0) is 37.1 Å². The summed E-state index contributed by atoms with van der Waals surface area (Å²) in [5, 5.41) is 15.8. The summed E-state index contributed by atoms with van der Waals surface area (Å²) in [5.74, 6) is -1.12. The molecule has 3 aromatic rings. The van der Waals surface area contributed by atoms with Gasteiger partial charge in [-0.2, -0.15) is 0 Å². The minimum absolute atomic E-state index is 0.0535. The van der Waals surface area contributed by atoms with Gasteiger partial charge in [0.05, 0.1) is 30.3 Å². The van der Waals surface area contributed by atoms with E-state index in [4.69, 9.17) is 13.8 Å². The number of non-ortho nitro benzene ring substituents is 1. The molecule has 0 aromatic heterocycles. The lowest BCUT2D eigenvalue weighted by atomic mass is 9.86. The molecule has 10 heteroatoms. The van der Waals surface area contributed by atoms with Gasteiger partial charge in [0.25, 0.3) is 5.69 Å². The quantitative estimate of drug-likeness (QED) is 0.109. The van der Waals surface area contributed by atoms with Crippen LogP contribution in [0.4, 0.5) is 11.4 Å². The van der Waals surface area contributed by atoms with Gasteiger partial charge in [0.1, 0.15) is 6.61 Å². The zero-order chi connectivity index (χ0) is 31.3. The molecule has 1 saturated heterocycles. The molecule has 9 nitrogen and oxygen atoms in total. The molecule has 1 N–H and O–H groups in total. The van der Waals surface area contributed by atoms with Gasteiger partial charge in [0.2, 0.25) is 8.38 Å². The van der Waals surface area contributed by atoms with E-state index in [0.29, 0.717) is 43.1 Å². The summed E-state index contributed by atoms with van der Waals surface area (Å²) in [5.41, 5.74) is 4.40. The molecule has 0 radical (unpaired) electrons. The van der Waals surface area contributed by atoms with E-state index >= 15 is 0 Å². The summed E-state index contributed by atoms with van der Waals surface area (Å²) in [7, 11) is -1.53. The number of rotatable bonds is 10. The predicted molar refractivity (Wildman–Crippen MR) is 172 cm³/mol. The highest BCUT2D eigenvalue weighted by molar-refractivity contribution is 7.52. The van der Waals surface area contributed by atoms with E-state index in [1.807, 2.05) is 62.4 Å². The van der Waals surface area contributed by atoms with Gasteiger partial charge in [0.15, 0.2) is 0 Å². The fraction of sp³-hybridized carbons (Fsp3) is 0.324. The maximum absolute atomic E-state index is 14.0. The zero-order valence-corrected chi connectivity index (χ0v) is 26.4. The Morgan fingerprint density at radius 1 is 1.00 bits per heavy atom. The van der Waals surface area contributed by atoms with Crippen molar-refractivity contribution in [1.82, 2.24) is 5.32 Å². The van der Waals surface area contributed by atoms with Crippen molar-refractivity contribution in [2.45, 2.75) is 40.2 Å². The van der Waals surface area contributed by atoms with Gasteiger partial charge in [-0.3, -0.25) is 10.1 Å². The van der Waals surface area contributed by atoms with Crippen LogP contribution in [0.15, 0.2) is 107 Å². The SMILES string of the molecule is CC1=C(C(=O)OCCN(Cc2ccccc2)c2ccccc2)[C@H](c2cccc([N+](=O)[O-])c2)C(P2OCC(C)(C)CO2)=C(C)N1. The fourth-order valence-corrected chi connectivity index (χ4v) is 7.50. The van der Waals surface area contributed by atoms with Crippen molar-refractivity contribution in [3.8, 4) is 0 Å². The number of carbonyl (C=O) groups is 1. The van der Waals surface area contributed by atoms with E-state index in [-0.39, 0.29) is 17.7 Å². The van der Waals surface area contributed by atoms with E-state index < -0.39 is 25.2 Å². The second-order valence-corrected chi connectivity index (χ2v) is 13.3. The first-order valence-electron chi connectivity index (χ1n) is 14.6. The molecule has 2 heterocycles. The third-order valence-corrected chi connectivity index (χ3v) is 9.35. The molecular weight excluding hydrogens is 577 g/mol. The second kappa shape index (κ2) is 13.7. The van der Waals surface area contributed by atoms with Crippen LogP contribution in [0.3, 0.4) is 0 Å². The molecular formula is C34H38N3O6P. The maximum atomic E-state index is 14.0. The average Bonchev–Trinajstić information content (AvgIpc) is 3.01. The van der Waals surface area contributed by atoms with Crippen molar-refractivity contribution >= 4 is 25.7 Å². The van der Waals surface area contributed by atoms with Gasteiger partial charge in [-0.15, -0.1) is 0 Å². The van der Waals surface area contributed by atoms with Crippen LogP contribution in [0.1, 0.15) is 44.7 Å². The van der Waals surface area contributed by atoms with E-state index in [0.717, 1.165) is 22.3 Å². The molecule has 0 aliphatic carbocycles. The zero-order valence-electron chi connectivity index (χ0n) is 25.5. The number of benzene rings is 3. The Morgan fingerprint density at radius 3 is 2.32 bits per heavy atom. The van der Waals surface area contributed by atoms with E-state index in [2.05, 4.69) is 36.2 Å². The van der Waals surface area contributed by atoms with E-state index in [1.54, 1.807) is 12.1 Å². The highest BCUT2D eigenvalue weighted by atomic mass is 31.2. The Bertz CT molecular complexity index is 1550. The second-order valence-electron chi connectivity index (χ2n) is 11.8. The Hall–Kier alpha value is -4.04. The lowest BCUT2D eigenvalue weighted by molar-refractivity contribution is -0.384. The molecule has 0 unspecified atom stereocenters. The third-order valence-electron chi connectivity index (χ3n) is 7.63. The lowest BCUT2D eigenvalue weighted by Crippen LogP contribution is -2.33. The molecule has 1 atom stereocenters. The molecule has 2 aliphatic heterocycles. The van der Waals surface area contributed by atoms with Crippen molar-refractivity contribution in [1.29, 1.82) is 0 Å². The maximum Gasteiger partial charge on any atom is 0.336 e. The van der Waals surface area contributed by atoms with Gasteiger partial charge in [-0.25, -0.2) is 4.79 Å². The number of nitrogens with one attached hydrogen (secondary N) is 1. The Morgan fingerprint density at radius 2 is 1.66 bits per heavy atom. The number of para-hydroxylation sites is 1. The number of nitro groups is 1. The van der Waals surface area contributed by atoms with E-state index in [1.165, 1.54) is 12.1 Å². The average molecular weight is 616 g/mol. The van der Waals surface area contributed by atoms with Crippen molar-refractivity contribution in [3.63, 3.8) is 0 Å². The monoisotopic (exact) mass is 615 g/mol. The van der Waals surface area contributed by atoms with Crippen LogP contribution in [0.25, 0.3) is 0 Å². The standard InChI is InChI=1S/C34H38N3O6P/c1-24-30(33(38)41-19-18-36(28-15-9-6-10-16-28)21-26-12-7-5-8-13-26)31(27-14-11-17-29(20-27)37(39)40)32(25(2)35-24)44-42-22-34(3,4)23-43-44/h5-17,20,31,35H,18-19,21-23H2,1-4H3/t31-/m0/s1. The van der Waals surface area contributed by atoms with Crippen molar-refractivity contribution in [2.75, 3.05) is 31.3 Å². The first kappa shape index (κ1) is 31.4. The highest BCUT2D eigenvalue weighted by Crippen LogP contribution is 2.60. The van der Waals surface area contributed by atoms with Crippen molar-refractivity contribution in [2.24, 2.45) is 5.41 Å². The number of esters is 1. The molecule has 44 heavy (non-hydrogen) atoms. The number of allylic oxidation sites excluding steroid dienone is 3. The predicted octanol–water partition coefficient (Wildman–Crippen LogP) is 7.42. The normalized spacial score (nSPS) is 18.5. The summed E-state index contributed by atoms with van der Waals surface area (Å²) in [4.78, 5) is 27.4. The van der Waals surface area contributed by atoms with Gasteiger partial charge in [-0.1, -0.05) is 74.5 Å². The minimum atomic E-state index is -1.53. The number of dihydropyridines is 1. The van der Waals surface area contributed by atoms with Crippen LogP contribution in [0, 0.1) is 15.5 Å². The summed E-state index contributed by atoms with van der Waals surface area (Å²) >= 11 is 0. The number of ether oxygens (including phenoxy) is 1. The largest absolute Gasteiger partial charge is 0.460 e. The first-order chi connectivity index (χ1) is 21.1. The number of hydrogen-bond donors (Lipinski definition) is 1.